The Kier molecular flexibility index (Phi) is 5.10. The molecule has 3 N–H and O–H groups in total. The van der Waals surface area contributed by atoms with E-state index in [1.807, 2.05) is 0 Å². The molecule has 19 heavy (non-hydrogen) atoms. The van der Waals surface area contributed by atoms with Crippen LogP contribution in [0, 0.1) is 0 Å². The van der Waals surface area contributed by atoms with E-state index in [9.17, 15) is 18.0 Å². The highest BCUT2D eigenvalue weighted by Gasteiger charge is 2.17. The standard InChI is InChI=1S/C10H14ClN3O4S/c1-6(2)14-9(15)5-13-19(17,18)7-3-8(11)10(16)12-4-7/h3-4,6,13H,5H2,1-2H3,(H,12,16)(H,14,15). The molecule has 0 fully saturated rings. The number of aromatic nitrogens is 1. The molecule has 0 aromatic carbocycles. The van der Waals surface area contributed by atoms with Crippen molar-refractivity contribution < 1.29 is 13.2 Å². The summed E-state index contributed by atoms with van der Waals surface area (Å²) in [6, 6.07) is 0.933. The fourth-order valence-electron chi connectivity index (χ4n) is 1.21. The summed E-state index contributed by atoms with van der Waals surface area (Å²) in [5.74, 6) is -0.450. The maximum Gasteiger partial charge on any atom is 0.266 e. The van der Waals surface area contributed by atoms with Gasteiger partial charge >= 0.3 is 0 Å². The number of carbonyl (C=O) groups excluding carboxylic acids is 1. The van der Waals surface area contributed by atoms with Gasteiger partial charge in [-0.1, -0.05) is 11.6 Å². The molecule has 0 saturated carbocycles. The fourth-order valence-corrected chi connectivity index (χ4v) is 2.42. The molecular formula is C10H14ClN3O4S. The van der Waals surface area contributed by atoms with E-state index < -0.39 is 28.0 Å². The van der Waals surface area contributed by atoms with E-state index in [2.05, 4.69) is 15.0 Å². The van der Waals surface area contributed by atoms with Crippen LogP contribution in [0.2, 0.25) is 5.02 Å². The van der Waals surface area contributed by atoms with Crippen LogP contribution in [0.15, 0.2) is 22.0 Å². The van der Waals surface area contributed by atoms with Gasteiger partial charge in [-0.3, -0.25) is 9.59 Å². The number of carbonyl (C=O) groups is 1. The van der Waals surface area contributed by atoms with Crippen molar-refractivity contribution in [2.45, 2.75) is 24.8 Å². The average molecular weight is 308 g/mol. The van der Waals surface area contributed by atoms with Gasteiger partial charge in [-0.05, 0) is 19.9 Å². The van der Waals surface area contributed by atoms with Gasteiger partial charge in [0.15, 0.2) is 0 Å². The summed E-state index contributed by atoms with van der Waals surface area (Å²) < 4.78 is 25.7. The number of amides is 1. The Bertz CT molecular complexity index is 624. The molecule has 0 spiro atoms. The maximum atomic E-state index is 11.8. The molecule has 1 rings (SSSR count). The first-order valence-corrected chi connectivity index (χ1v) is 7.26. The van der Waals surface area contributed by atoms with Gasteiger partial charge in [0.2, 0.25) is 15.9 Å². The van der Waals surface area contributed by atoms with Crippen LogP contribution in [-0.2, 0) is 14.8 Å². The molecule has 1 aromatic heterocycles. The number of H-pyrrole nitrogens is 1. The number of pyridine rings is 1. The lowest BCUT2D eigenvalue weighted by Gasteiger charge is -2.09. The molecule has 0 aliphatic carbocycles. The van der Waals surface area contributed by atoms with Crippen molar-refractivity contribution in [3.05, 3.63) is 27.6 Å². The van der Waals surface area contributed by atoms with E-state index in [4.69, 9.17) is 11.6 Å². The monoisotopic (exact) mass is 307 g/mol. The van der Waals surface area contributed by atoms with Crippen LogP contribution >= 0.6 is 11.6 Å². The number of rotatable bonds is 5. The Labute approximate surface area is 115 Å². The van der Waals surface area contributed by atoms with Gasteiger partial charge in [-0.15, -0.1) is 0 Å². The quantitative estimate of drug-likeness (QED) is 0.702. The summed E-state index contributed by atoms with van der Waals surface area (Å²) >= 11 is 5.54. The summed E-state index contributed by atoms with van der Waals surface area (Å²) in [4.78, 5) is 24.3. The lowest BCUT2D eigenvalue weighted by atomic mass is 10.4. The molecule has 0 aliphatic rings. The smallest absolute Gasteiger partial charge is 0.266 e. The van der Waals surface area contributed by atoms with Gasteiger partial charge in [-0.2, -0.15) is 0 Å². The largest absolute Gasteiger partial charge is 0.353 e. The van der Waals surface area contributed by atoms with Crippen molar-refractivity contribution in [2.75, 3.05) is 6.54 Å². The lowest BCUT2D eigenvalue weighted by molar-refractivity contribution is -0.120. The van der Waals surface area contributed by atoms with E-state index in [-0.39, 0.29) is 16.0 Å². The van der Waals surface area contributed by atoms with Crippen LogP contribution in [-0.4, -0.2) is 31.9 Å². The van der Waals surface area contributed by atoms with Crippen molar-refractivity contribution >= 4 is 27.5 Å². The predicted octanol–water partition coefficient (Wildman–Crippen LogP) is -0.169. The summed E-state index contributed by atoms with van der Waals surface area (Å²) in [6.07, 6.45) is 1.01. The van der Waals surface area contributed by atoms with Crippen LogP contribution in [0.4, 0.5) is 0 Å². The van der Waals surface area contributed by atoms with Crippen LogP contribution in [0.25, 0.3) is 0 Å². The first kappa shape index (κ1) is 15.7. The number of halogens is 1. The van der Waals surface area contributed by atoms with Crippen LogP contribution in [0.3, 0.4) is 0 Å². The molecule has 1 amide bonds. The zero-order chi connectivity index (χ0) is 14.6. The van der Waals surface area contributed by atoms with Crippen LogP contribution in [0.1, 0.15) is 13.8 Å². The number of hydrogen-bond donors (Lipinski definition) is 3. The van der Waals surface area contributed by atoms with Crippen LogP contribution < -0.4 is 15.6 Å². The van der Waals surface area contributed by atoms with E-state index >= 15 is 0 Å². The first-order valence-electron chi connectivity index (χ1n) is 5.39. The molecule has 0 bridgehead atoms. The normalized spacial score (nSPS) is 11.6. The summed E-state index contributed by atoms with van der Waals surface area (Å²) in [5, 5.41) is 2.30. The highest BCUT2D eigenvalue weighted by Crippen LogP contribution is 2.09. The van der Waals surface area contributed by atoms with Gasteiger partial charge in [0.25, 0.3) is 5.56 Å². The topological polar surface area (TPSA) is 108 Å². The van der Waals surface area contributed by atoms with Crippen molar-refractivity contribution in [3.63, 3.8) is 0 Å². The molecule has 106 valence electrons. The maximum absolute atomic E-state index is 11.8. The minimum absolute atomic E-state index is 0.0838. The molecule has 1 heterocycles. The first-order chi connectivity index (χ1) is 8.72. The van der Waals surface area contributed by atoms with Gasteiger partial charge < -0.3 is 10.3 Å². The second-order valence-electron chi connectivity index (χ2n) is 4.06. The molecule has 0 unspecified atom stereocenters. The Morgan fingerprint density at radius 1 is 1.47 bits per heavy atom. The summed E-state index contributed by atoms with van der Waals surface area (Å²) in [5.41, 5.74) is -0.585. The second-order valence-corrected chi connectivity index (χ2v) is 6.23. The highest BCUT2D eigenvalue weighted by atomic mass is 35.5. The number of aromatic amines is 1. The van der Waals surface area contributed by atoms with Crippen molar-refractivity contribution in [3.8, 4) is 0 Å². The van der Waals surface area contributed by atoms with Crippen molar-refractivity contribution in [1.29, 1.82) is 0 Å². The van der Waals surface area contributed by atoms with E-state index in [0.717, 1.165) is 12.3 Å². The molecule has 0 aliphatic heterocycles. The molecule has 0 radical (unpaired) electrons. The number of sulfonamides is 1. The van der Waals surface area contributed by atoms with Gasteiger partial charge in [0.05, 0.1) is 11.4 Å². The van der Waals surface area contributed by atoms with E-state index in [1.165, 1.54) is 0 Å². The van der Waals surface area contributed by atoms with Gasteiger partial charge in [0, 0.05) is 12.2 Å². The SMILES string of the molecule is CC(C)NC(=O)CNS(=O)(=O)c1c[nH]c(=O)c(Cl)c1. The summed E-state index contributed by atoms with van der Waals surface area (Å²) in [6.45, 7) is 3.12. The molecule has 9 heteroatoms. The molecular weight excluding hydrogens is 294 g/mol. The summed E-state index contributed by atoms with van der Waals surface area (Å²) in [7, 11) is -3.90. The molecule has 0 saturated heterocycles. The van der Waals surface area contributed by atoms with E-state index in [1.54, 1.807) is 13.8 Å². The zero-order valence-electron chi connectivity index (χ0n) is 10.4. The fraction of sp³-hybridized carbons (Fsp3) is 0.400. The predicted molar refractivity (Wildman–Crippen MR) is 70.5 cm³/mol. The third-order valence-corrected chi connectivity index (χ3v) is 3.68. The van der Waals surface area contributed by atoms with Gasteiger partial charge in [-0.25, -0.2) is 13.1 Å². The Hall–Kier alpha value is -1.38. The van der Waals surface area contributed by atoms with E-state index in [0.29, 0.717) is 0 Å². The molecule has 1 aromatic rings. The Morgan fingerprint density at radius 2 is 2.11 bits per heavy atom. The molecule has 7 nitrogen and oxygen atoms in total. The highest BCUT2D eigenvalue weighted by molar-refractivity contribution is 7.89. The minimum Gasteiger partial charge on any atom is -0.353 e. The Balaban J connectivity index is 2.79. The second kappa shape index (κ2) is 6.18. The van der Waals surface area contributed by atoms with Crippen LogP contribution in [0.5, 0.6) is 0 Å². The molecule has 0 atom stereocenters. The minimum atomic E-state index is -3.90. The van der Waals surface area contributed by atoms with Gasteiger partial charge in [0.1, 0.15) is 5.02 Å². The average Bonchev–Trinajstić information content (AvgIpc) is 2.29. The lowest BCUT2D eigenvalue weighted by Crippen LogP contribution is -2.39. The van der Waals surface area contributed by atoms with Crippen molar-refractivity contribution in [2.24, 2.45) is 0 Å². The third-order valence-electron chi connectivity index (χ3n) is 2.01. The Morgan fingerprint density at radius 3 is 2.63 bits per heavy atom. The number of nitrogens with one attached hydrogen (secondary N) is 3. The number of hydrogen-bond acceptors (Lipinski definition) is 4. The van der Waals surface area contributed by atoms with Crippen molar-refractivity contribution in [1.82, 2.24) is 15.0 Å². The third kappa shape index (κ3) is 4.66. The zero-order valence-corrected chi connectivity index (χ0v) is 11.9.